The van der Waals surface area contributed by atoms with Crippen molar-refractivity contribution in [1.82, 2.24) is 10.2 Å². The quantitative estimate of drug-likeness (QED) is 0.726. The lowest BCUT2D eigenvalue weighted by Gasteiger charge is -2.25. The van der Waals surface area contributed by atoms with Crippen LogP contribution in [0.3, 0.4) is 0 Å². The number of fused-ring (bicyclic) bond motifs is 1. The molecule has 1 unspecified atom stereocenters. The van der Waals surface area contributed by atoms with Gasteiger partial charge in [0.05, 0.1) is 31.0 Å². The summed E-state index contributed by atoms with van der Waals surface area (Å²) in [6.45, 7) is 2.46. The van der Waals surface area contributed by atoms with Crippen molar-refractivity contribution >= 4 is 17.5 Å². The Kier molecular flexibility index (Phi) is 5.99. The third-order valence-corrected chi connectivity index (χ3v) is 6.23. The van der Waals surface area contributed by atoms with E-state index >= 15 is 0 Å². The first-order valence-electron chi connectivity index (χ1n) is 11.5. The van der Waals surface area contributed by atoms with Gasteiger partial charge in [-0.3, -0.25) is 14.5 Å². The molecule has 7 nitrogen and oxygen atoms in total. The van der Waals surface area contributed by atoms with Crippen LogP contribution in [-0.2, 0) is 4.79 Å². The fourth-order valence-electron chi connectivity index (χ4n) is 4.44. The molecular weight excluding hydrogens is 406 g/mol. The number of likely N-dealkylation sites (tertiary alicyclic amines) is 1. The highest BCUT2D eigenvalue weighted by molar-refractivity contribution is 6.04. The molecule has 1 aliphatic carbocycles. The Labute approximate surface area is 188 Å². The van der Waals surface area contributed by atoms with Crippen LogP contribution in [0.1, 0.15) is 54.1 Å². The van der Waals surface area contributed by atoms with Gasteiger partial charge in [-0.05, 0) is 62.1 Å². The van der Waals surface area contributed by atoms with Crippen molar-refractivity contribution in [3.63, 3.8) is 0 Å². The van der Waals surface area contributed by atoms with Crippen LogP contribution in [0.2, 0.25) is 0 Å². The van der Waals surface area contributed by atoms with Crippen LogP contribution in [0.4, 0.5) is 5.69 Å². The molecule has 1 saturated heterocycles. The van der Waals surface area contributed by atoms with Gasteiger partial charge < -0.3 is 20.1 Å². The predicted octanol–water partition coefficient (Wildman–Crippen LogP) is 3.52. The zero-order valence-corrected chi connectivity index (χ0v) is 18.1. The second kappa shape index (κ2) is 9.20. The monoisotopic (exact) mass is 435 g/mol. The number of ether oxygens (including phenoxy) is 2. The summed E-state index contributed by atoms with van der Waals surface area (Å²) in [6, 6.07) is 13.7. The number of hydrogen-bond donors (Lipinski definition) is 2. The van der Waals surface area contributed by atoms with E-state index in [0.717, 1.165) is 55.7 Å². The number of carbonyl (C=O) groups is 2. The smallest absolute Gasteiger partial charge is 0.253 e. The molecule has 0 radical (unpaired) electrons. The third kappa shape index (κ3) is 4.72. The van der Waals surface area contributed by atoms with Crippen molar-refractivity contribution in [2.45, 2.75) is 44.2 Å². The number of nitrogens with one attached hydrogen (secondary N) is 2. The van der Waals surface area contributed by atoms with Gasteiger partial charge in [0, 0.05) is 18.5 Å². The summed E-state index contributed by atoms with van der Waals surface area (Å²) < 4.78 is 11.6. The maximum Gasteiger partial charge on any atom is 0.253 e. The van der Waals surface area contributed by atoms with Crippen molar-refractivity contribution in [2.75, 3.05) is 31.6 Å². The zero-order valence-electron chi connectivity index (χ0n) is 18.1. The Balaban J connectivity index is 1.26. The van der Waals surface area contributed by atoms with Gasteiger partial charge in [-0.1, -0.05) is 18.2 Å². The Morgan fingerprint density at radius 1 is 0.969 bits per heavy atom. The summed E-state index contributed by atoms with van der Waals surface area (Å²) >= 11 is 0. The Morgan fingerprint density at radius 2 is 1.78 bits per heavy atom. The molecule has 0 spiro atoms. The molecule has 5 rings (SSSR count). The maximum absolute atomic E-state index is 12.9. The summed E-state index contributed by atoms with van der Waals surface area (Å²) in [5, 5.41) is 5.95. The molecular formula is C25H29N3O4. The van der Waals surface area contributed by atoms with Crippen molar-refractivity contribution in [3.8, 4) is 11.5 Å². The van der Waals surface area contributed by atoms with Gasteiger partial charge in [-0.2, -0.15) is 0 Å². The molecule has 1 atom stereocenters. The van der Waals surface area contributed by atoms with Crippen LogP contribution in [0.15, 0.2) is 42.5 Å². The zero-order chi connectivity index (χ0) is 21.9. The summed E-state index contributed by atoms with van der Waals surface area (Å²) in [4.78, 5) is 27.6. The van der Waals surface area contributed by atoms with E-state index in [4.69, 9.17) is 9.47 Å². The first-order valence-corrected chi connectivity index (χ1v) is 11.5. The highest BCUT2D eigenvalue weighted by Gasteiger charge is 2.29. The van der Waals surface area contributed by atoms with E-state index < -0.39 is 0 Å². The van der Waals surface area contributed by atoms with Crippen LogP contribution in [0.25, 0.3) is 0 Å². The fourth-order valence-corrected chi connectivity index (χ4v) is 4.44. The highest BCUT2D eigenvalue weighted by Crippen LogP contribution is 2.37. The average Bonchev–Trinajstić information content (AvgIpc) is 3.54. The molecule has 2 fully saturated rings. The number of nitrogens with zero attached hydrogens (tertiary/aromatic N) is 1. The number of anilines is 1. The Morgan fingerprint density at radius 3 is 2.62 bits per heavy atom. The second-order valence-corrected chi connectivity index (χ2v) is 8.73. The van der Waals surface area contributed by atoms with Gasteiger partial charge in [0.15, 0.2) is 11.5 Å². The van der Waals surface area contributed by atoms with Crippen molar-refractivity contribution in [1.29, 1.82) is 0 Å². The molecule has 3 aliphatic rings. The number of benzene rings is 2. The van der Waals surface area contributed by atoms with Crippen LogP contribution >= 0.6 is 0 Å². The highest BCUT2D eigenvalue weighted by atomic mass is 16.5. The largest absolute Gasteiger partial charge is 0.490 e. The van der Waals surface area contributed by atoms with E-state index in [1.165, 1.54) is 0 Å². The molecule has 0 aromatic heterocycles. The van der Waals surface area contributed by atoms with E-state index in [0.29, 0.717) is 24.5 Å². The molecule has 2 aromatic rings. The molecule has 2 aromatic carbocycles. The minimum absolute atomic E-state index is 0.113. The summed E-state index contributed by atoms with van der Waals surface area (Å²) in [7, 11) is 0. The van der Waals surface area contributed by atoms with E-state index in [-0.39, 0.29) is 30.4 Å². The van der Waals surface area contributed by atoms with E-state index in [1.807, 2.05) is 18.2 Å². The molecule has 2 amide bonds. The minimum Gasteiger partial charge on any atom is -0.490 e. The lowest BCUT2D eigenvalue weighted by Crippen LogP contribution is -2.33. The van der Waals surface area contributed by atoms with E-state index in [2.05, 4.69) is 27.7 Å². The first kappa shape index (κ1) is 20.8. The maximum atomic E-state index is 12.9. The molecule has 1 saturated carbocycles. The lowest BCUT2D eigenvalue weighted by atomic mass is 10.0. The normalized spacial score (nSPS) is 20.4. The summed E-state index contributed by atoms with van der Waals surface area (Å²) in [5.74, 6) is 1.33. The standard InChI is InChI=1S/C25H29N3O4/c29-24(27-20-6-2-1-5-19(20)25(30)26-18-9-10-18)16-28-12-3-7-21(28)17-8-11-22-23(15-17)32-14-4-13-31-22/h1-2,5-6,8,11,15,18,21H,3-4,7,9-10,12-14,16H2,(H,26,30)(H,27,29). The lowest BCUT2D eigenvalue weighted by molar-refractivity contribution is -0.117. The Hall–Kier alpha value is -3.06. The van der Waals surface area contributed by atoms with Crippen molar-refractivity contribution < 1.29 is 19.1 Å². The first-order chi connectivity index (χ1) is 15.7. The SMILES string of the molecule is O=C(CN1CCCC1c1ccc2c(c1)OCCCO2)Nc1ccccc1C(=O)NC1CC1. The summed E-state index contributed by atoms with van der Waals surface area (Å²) in [5.41, 5.74) is 2.21. The molecule has 2 heterocycles. The van der Waals surface area contributed by atoms with Gasteiger partial charge >= 0.3 is 0 Å². The topological polar surface area (TPSA) is 79.9 Å². The van der Waals surface area contributed by atoms with Crippen LogP contribution in [0.5, 0.6) is 11.5 Å². The minimum atomic E-state index is -0.130. The van der Waals surface area contributed by atoms with Gasteiger partial charge in [-0.15, -0.1) is 0 Å². The third-order valence-electron chi connectivity index (χ3n) is 6.23. The average molecular weight is 436 g/mol. The van der Waals surface area contributed by atoms with Gasteiger partial charge in [0.2, 0.25) is 5.91 Å². The summed E-state index contributed by atoms with van der Waals surface area (Å²) in [6.07, 6.45) is 4.95. The molecule has 0 bridgehead atoms. The number of rotatable bonds is 6. The Bertz CT molecular complexity index is 1000. The molecule has 2 aliphatic heterocycles. The van der Waals surface area contributed by atoms with Crippen LogP contribution in [-0.4, -0.2) is 49.1 Å². The van der Waals surface area contributed by atoms with Crippen LogP contribution < -0.4 is 20.1 Å². The molecule has 168 valence electrons. The molecule has 32 heavy (non-hydrogen) atoms. The van der Waals surface area contributed by atoms with E-state index in [1.54, 1.807) is 12.1 Å². The number of carbonyl (C=O) groups excluding carboxylic acids is 2. The predicted molar refractivity (Wildman–Crippen MR) is 121 cm³/mol. The van der Waals surface area contributed by atoms with Gasteiger partial charge in [-0.25, -0.2) is 0 Å². The van der Waals surface area contributed by atoms with Crippen molar-refractivity contribution in [2.24, 2.45) is 0 Å². The van der Waals surface area contributed by atoms with Crippen molar-refractivity contribution in [3.05, 3.63) is 53.6 Å². The molecule has 7 heteroatoms. The number of amides is 2. The van der Waals surface area contributed by atoms with Gasteiger partial charge in [0.1, 0.15) is 0 Å². The van der Waals surface area contributed by atoms with Gasteiger partial charge in [0.25, 0.3) is 5.91 Å². The molecule has 2 N–H and O–H groups in total. The second-order valence-electron chi connectivity index (χ2n) is 8.73. The fraction of sp³-hybridized carbons (Fsp3) is 0.440. The number of hydrogen-bond acceptors (Lipinski definition) is 5. The van der Waals surface area contributed by atoms with E-state index in [9.17, 15) is 9.59 Å². The van der Waals surface area contributed by atoms with Crippen LogP contribution in [0, 0.1) is 0 Å². The number of para-hydroxylation sites is 1.